The third-order valence-corrected chi connectivity index (χ3v) is 4.85. The van der Waals surface area contributed by atoms with Crippen LogP contribution in [0, 0.1) is 23.6 Å². The number of hydrogen-bond acceptors (Lipinski definition) is 4. The highest BCUT2D eigenvalue weighted by atomic mass is 19.1. The summed E-state index contributed by atoms with van der Waals surface area (Å²) >= 11 is 0. The number of halogens is 1. The number of aliphatic imine (C=N–C) groups is 1. The van der Waals surface area contributed by atoms with E-state index in [1.165, 1.54) is 12.1 Å². The van der Waals surface area contributed by atoms with Crippen molar-refractivity contribution in [3.8, 4) is 11.8 Å². The van der Waals surface area contributed by atoms with Gasteiger partial charge in [0.25, 0.3) is 5.91 Å². The SMILES string of the molecule is CC1(c2cc(NC(=O)C#CC3CC3)ccc2F)Cc2cnccc2C(N)=N1. The molecule has 0 saturated heterocycles. The first kappa shape index (κ1) is 17.2. The zero-order valence-electron chi connectivity index (χ0n) is 14.9. The van der Waals surface area contributed by atoms with Gasteiger partial charge in [-0.2, -0.15) is 0 Å². The minimum Gasteiger partial charge on any atom is -0.383 e. The Morgan fingerprint density at radius 2 is 2.19 bits per heavy atom. The van der Waals surface area contributed by atoms with E-state index in [1.807, 2.05) is 6.92 Å². The highest BCUT2D eigenvalue weighted by molar-refractivity contribution is 6.04. The van der Waals surface area contributed by atoms with Crippen LogP contribution in [0.5, 0.6) is 0 Å². The Balaban J connectivity index is 1.64. The van der Waals surface area contributed by atoms with Crippen LogP contribution in [0.1, 0.15) is 36.5 Å². The molecule has 27 heavy (non-hydrogen) atoms. The largest absolute Gasteiger partial charge is 0.383 e. The van der Waals surface area contributed by atoms with E-state index < -0.39 is 17.3 Å². The first-order valence-electron chi connectivity index (χ1n) is 8.86. The van der Waals surface area contributed by atoms with Gasteiger partial charge in [0.2, 0.25) is 0 Å². The molecule has 0 radical (unpaired) electrons. The van der Waals surface area contributed by atoms with Crippen molar-refractivity contribution in [2.75, 3.05) is 5.32 Å². The molecule has 1 aliphatic heterocycles. The van der Waals surface area contributed by atoms with Crippen molar-refractivity contribution < 1.29 is 9.18 Å². The van der Waals surface area contributed by atoms with E-state index in [9.17, 15) is 9.18 Å². The molecule has 1 fully saturated rings. The Labute approximate surface area is 156 Å². The summed E-state index contributed by atoms with van der Waals surface area (Å²) in [5.41, 5.74) is 7.81. The fraction of sp³-hybridized carbons (Fsp3) is 0.286. The molecule has 1 aliphatic carbocycles. The topological polar surface area (TPSA) is 80.4 Å². The maximum absolute atomic E-state index is 14.6. The Hall–Kier alpha value is -3.20. The number of nitrogens with one attached hydrogen (secondary N) is 1. The van der Waals surface area contributed by atoms with Gasteiger partial charge in [0.1, 0.15) is 11.7 Å². The molecule has 1 amide bonds. The van der Waals surface area contributed by atoms with E-state index in [1.54, 1.807) is 24.5 Å². The molecular weight excluding hydrogens is 343 g/mol. The molecule has 1 aromatic heterocycles. The predicted molar refractivity (Wildman–Crippen MR) is 102 cm³/mol. The van der Waals surface area contributed by atoms with Crippen molar-refractivity contribution in [3.63, 3.8) is 0 Å². The number of amidine groups is 1. The van der Waals surface area contributed by atoms with Gasteiger partial charge < -0.3 is 11.1 Å². The maximum atomic E-state index is 14.6. The predicted octanol–water partition coefficient (Wildman–Crippen LogP) is 2.75. The number of amides is 1. The van der Waals surface area contributed by atoms with E-state index in [-0.39, 0.29) is 0 Å². The Morgan fingerprint density at radius 3 is 2.96 bits per heavy atom. The fourth-order valence-corrected chi connectivity index (χ4v) is 3.28. The van der Waals surface area contributed by atoms with Crippen LogP contribution in [0.4, 0.5) is 10.1 Å². The van der Waals surface area contributed by atoms with Gasteiger partial charge in [-0.3, -0.25) is 14.8 Å². The van der Waals surface area contributed by atoms with Crippen molar-refractivity contribution in [2.45, 2.75) is 31.7 Å². The molecule has 1 unspecified atom stereocenters. The number of rotatable bonds is 2. The van der Waals surface area contributed by atoms with Gasteiger partial charge >= 0.3 is 0 Å². The van der Waals surface area contributed by atoms with E-state index in [0.29, 0.717) is 29.4 Å². The number of fused-ring (bicyclic) bond motifs is 1. The molecule has 0 spiro atoms. The lowest BCUT2D eigenvalue weighted by Crippen LogP contribution is -2.34. The minimum absolute atomic E-state index is 0.340. The van der Waals surface area contributed by atoms with Crippen molar-refractivity contribution in [2.24, 2.45) is 16.6 Å². The molecule has 2 aromatic rings. The van der Waals surface area contributed by atoms with Crippen LogP contribution >= 0.6 is 0 Å². The number of nitrogens with two attached hydrogens (primary N) is 1. The number of benzene rings is 1. The molecule has 5 nitrogen and oxygen atoms in total. The van der Waals surface area contributed by atoms with Crippen LogP contribution in [0.3, 0.4) is 0 Å². The summed E-state index contributed by atoms with van der Waals surface area (Å²) in [6.07, 6.45) is 5.95. The quantitative estimate of drug-likeness (QED) is 0.806. The number of hydrogen-bond donors (Lipinski definition) is 2. The molecule has 1 atom stereocenters. The lowest BCUT2D eigenvalue weighted by molar-refractivity contribution is -0.111. The highest BCUT2D eigenvalue weighted by Gasteiger charge is 2.34. The molecule has 3 N–H and O–H groups in total. The van der Waals surface area contributed by atoms with Gasteiger partial charge in [-0.25, -0.2) is 4.39 Å². The van der Waals surface area contributed by atoms with E-state index in [0.717, 1.165) is 24.0 Å². The minimum atomic E-state index is -0.884. The lowest BCUT2D eigenvalue weighted by atomic mass is 9.82. The summed E-state index contributed by atoms with van der Waals surface area (Å²) < 4.78 is 14.6. The smallest absolute Gasteiger partial charge is 0.300 e. The summed E-state index contributed by atoms with van der Waals surface area (Å²) in [6.45, 7) is 1.83. The van der Waals surface area contributed by atoms with Gasteiger partial charge in [0.15, 0.2) is 0 Å². The summed E-state index contributed by atoms with van der Waals surface area (Å²) in [6, 6.07) is 6.25. The lowest BCUT2D eigenvalue weighted by Gasteiger charge is -2.32. The zero-order chi connectivity index (χ0) is 19.0. The van der Waals surface area contributed by atoms with Crippen LogP contribution in [0.25, 0.3) is 0 Å². The van der Waals surface area contributed by atoms with Crippen LogP contribution in [0.15, 0.2) is 41.7 Å². The monoisotopic (exact) mass is 362 g/mol. The van der Waals surface area contributed by atoms with E-state index in [2.05, 4.69) is 27.1 Å². The van der Waals surface area contributed by atoms with Crippen molar-refractivity contribution >= 4 is 17.4 Å². The summed E-state index contributed by atoms with van der Waals surface area (Å²) in [4.78, 5) is 20.7. The number of carbonyl (C=O) groups is 1. The number of nitrogens with zero attached hydrogens (tertiary/aromatic N) is 2. The Morgan fingerprint density at radius 1 is 1.37 bits per heavy atom. The normalized spacial score (nSPS) is 20.7. The standard InChI is InChI=1S/C21H19FN4O/c1-21(11-14-12-24-9-8-16(14)20(23)26-21)17-10-15(5-6-18(17)22)25-19(27)7-4-13-2-3-13/h5-6,8-10,12-13H,2-3,11H2,1H3,(H2,23,26)(H,25,27). The summed E-state index contributed by atoms with van der Waals surface area (Å²) in [5.74, 6) is 5.39. The number of aromatic nitrogens is 1. The fourth-order valence-electron chi connectivity index (χ4n) is 3.28. The van der Waals surface area contributed by atoms with Crippen molar-refractivity contribution in [1.82, 2.24) is 4.98 Å². The van der Waals surface area contributed by atoms with Crippen LogP contribution in [-0.4, -0.2) is 16.7 Å². The molecule has 136 valence electrons. The molecule has 1 aromatic carbocycles. The van der Waals surface area contributed by atoms with Crippen LogP contribution < -0.4 is 11.1 Å². The highest BCUT2D eigenvalue weighted by Crippen LogP contribution is 2.37. The average Bonchev–Trinajstić information content (AvgIpc) is 3.46. The molecule has 1 saturated carbocycles. The third-order valence-electron chi connectivity index (χ3n) is 4.85. The summed E-state index contributed by atoms with van der Waals surface area (Å²) in [5, 5.41) is 2.71. The van der Waals surface area contributed by atoms with Crippen molar-refractivity contribution in [3.05, 3.63) is 59.2 Å². The second-order valence-electron chi connectivity index (χ2n) is 7.17. The molecular formula is C21H19FN4O. The number of anilines is 1. The van der Waals surface area contributed by atoms with E-state index >= 15 is 0 Å². The Bertz CT molecular complexity index is 1020. The average molecular weight is 362 g/mol. The third kappa shape index (κ3) is 3.54. The van der Waals surface area contributed by atoms with Crippen molar-refractivity contribution in [1.29, 1.82) is 0 Å². The second kappa shape index (κ2) is 6.51. The maximum Gasteiger partial charge on any atom is 0.300 e. The molecule has 2 aliphatic rings. The van der Waals surface area contributed by atoms with Gasteiger partial charge in [-0.05, 0) is 55.5 Å². The first-order chi connectivity index (χ1) is 12.9. The number of pyridine rings is 1. The summed E-state index contributed by atoms with van der Waals surface area (Å²) in [7, 11) is 0. The second-order valence-corrected chi connectivity index (χ2v) is 7.17. The molecule has 4 rings (SSSR count). The van der Waals surface area contributed by atoms with E-state index in [4.69, 9.17) is 5.73 Å². The van der Waals surface area contributed by atoms with Gasteiger partial charge in [-0.1, -0.05) is 5.92 Å². The molecule has 2 heterocycles. The first-order valence-corrected chi connectivity index (χ1v) is 8.86. The number of carbonyl (C=O) groups excluding carboxylic acids is 1. The van der Waals surface area contributed by atoms with Crippen LogP contribution in [0.2, 0.25) is 0 Å². The van der Waals surface area contributed by atoms with Gasteiger partial charge in [0, 0.05) is 41.5 Å². The molecule has 6 heteroatoms. The van der Waals surface area contributed by atoms with Gasteiger partial charge in [-0.15, -0.1) is 0 Å². The van der Waals surface area contributed by atoms with Crippen LogP contribution in [-0.2, 0) is 16.8 Å². The zero-order valence-corrected chi connectivity index (χ0v) is 14.9. The molecule has 0 bridgehead atoms. The Kier molecular flexibility index (Phi) is 4.15. The van der Waals surface area contributed by atoms with Gasteiger partial charge in [0.05, 0.1) is 5.54 Å².